The number of ketones is 1. The molecule has 5 aliphatic heterocycles. The third-order valence-corrected chi connectivity index (χ3v) is 14.1. The Morgan fingerprint density at radius 2 is 1.68 bits per heavy atom. The molecular weight excluding hydrogens is 760 g/mol. The van der Waals surface area contributed by atoms with Gasteiger partial charge in [0, 0.05) is 30.7 Å². The van der Waals surface area contributed by atoms with Gasteiger partial charge >= 0.3 is 12.1 Å². The highest BCUT2D eigenvalue weighted by atomic mass is 16.8. The number of nitrogens with two attached hydrogens (primary N) is 1. The Labute approximate surface area is 351 Å². The molecule has 0 aromatic rings. The number of carbonyl (C=O) groups is 3. The molecule has 2 spiro atoms. The Hall–Kier alpha value is -2.43. The summed E-state index contributed by atoms with van der Waals surface area (Å²) in [5.41, 5.74) is 5.80. The van der Waals surface area contributed by atoms with Crippen molar-refractivity contribution < 1.29 is 57.8 Å². The number of esters is 1. The van der Waals surface area contributed by atoms with Crippen LogP contribution in [0.1, 0.15) is 126 Å². The van der Waals surface area contributed by atoms with Crippen LogP contribution in [-0.2, 0) is 42.7 Å². The lowest BCUT2D eigenvalue weighted by Gasteiger charge is -2.54. The highest BCUT2D eigenvalue weighted by Gasteiger charge is 2.61. The Morgan fingerprint density at radius 1 is 0.983 bits per heavy atom. The monoisotopic (exact) mass is 835 g/mol. The molecule has 14 nitrogen and oxygen atoms in total. The average molecular weight is 835 g/mol. The minimum atomic E-state index is -1.39. The standard InChI is InChI=1S/C45H74N2O12/c1-10-24-53-41(50)30(11-2)32-16-15-17-35(55-32)37(46)39(49)28(8)38(48)31(12-3)40-26(6)25-27(7)44(58-40)23-20-36(56-42(51)47-14-5)45(59-44)22-19-34(57-45)33-18-21-43(52,13-4)29(9)54-33/h10,20,23,26-37,39-40,49,52H,1,11-19,21-22,24-25,46H2,2-9H3,(H,47,51)/t26-,27+,28+,29-,30+,31-,32+,33+,34?,35+,36+,37+,39+,40-,43+,44-,45-/m0/s1. The topological polar surface area (TPSA) is 194 Å². The van der Waals surface area contributed by atoms with Crippen molar-refractivity contribution in [2.45, 2.75) is 198 Å². The maximum atomic E-state index is 14.5. The average Bonchev–Trinajstić information content (AvgIpc) is 3.64. The van der Waals surface area contributed by atoms with Crippen LogP contribution in [0.3, 0.4) is 0 Å². The third-order valence-electron chi connectivity index (χ3n) is 14.1. The van der Waals surface area contributed by atoms with Gasteiger partial charge in [-0.3, -0.25) is 9.59 Å². The summed E-state index contributed by atoms with van der Waals surface area (Å²) in [6, 6.07) is -0.863. The van der Waals surface area contributed by atoms with Gasteiger partial charge in [0.05, 0.1) is 60.3 Å². The van der Waals surface area contributed by atoms with Crippen molar-refractivity contribution in [1.82, 2.24) is 5.32 Å². The number of ether oxygens (including phenoxy) is 7. The molecule has 1 unspecified atom stereocenters. The van der Waals surface area contributed by atoms with E-state index < -0.39 is 77.6 Å². The van der Waals surface area contributed by atoms with Crippen LogP contribution in [-0.4, -0.2) is 113 Å². The molecule has 0 saturated carbocycles. The summed E-state index contributed by atoms with van der Waals surface area (Å²) in [5, 5.41) is 25.5. The van der Waals surface area contributed by atoms with Crippen molar-refractivity contribution in [1.29, 1.82) is 0 Å². The van der Waals surface area contributed by atoms with E-state index in [0.29, 0.717) is 70.8 Å². The van der Waals surface area contributed by atoms with Crippen molar-refractivity contribution in [3.05, 3.63) is 24.8 Å². The first kappa shape index (κ1) is 47.6. The van der Waals surface area contributed by atoms with Crippen LogP contribution in [0.15, 0.2) is 24.8 Å². The van der Waals surface area contributed by atoms with Gasteiger partial charge in [-0.15, -0.1) is 0 Å². The van der Waals surface area contributed by atoms with Crippen LogP contribution in [0, 0.1) is 29.6 Å². The van der Waals surface area contributed by atoms with Crippen molar-refractivity contribution in [3.8, 4) is 0 Å². The minimum absolute atomic E-state index is 0.0410. The predicted octanol–water partition coefficient (Wildman–Crippen LogP) is 5.64. The molecule has 59 heavy (non-hydrogen) atoms. The Bertz CT molecular complexity index is 1480. The Morgan fingerprint density at radius 3 is 2.32 bits per heavy atom. The van der Waals surface area contributed by atoms with Crippen LogP contribution in [0.5, 0.6) is 0 Å². The number of Topliss-reactive ketones (excluding diaryl/α,β-unsaturated/α-hetero) is 1. The number of alkyl carbamates (subject to hydrolysis) is 1. The molecule has 0 aromatic heterocycles. The van der Waals surface area contributed by atoms with Gasteiger partial charge in [-0.05, 0) is 96.1 Å². The van der Waals surface area contributed by atoms with Crippen LogP contribution in [0.4, 0.5) is 4.79 Å². The molecule has 0 bridgehead atoms. The molecule has 5 aliphatic rings. The number of carbonyl (C=O) groups excluding carboxylic acids is 3. The third kappa shape index (κ3) is 10.1. The van der Waals surface area contributed by atoms with Gasteiger partial charge in [-0.2, -0.15) is 0 Å². The summed E-state index contributed by atoms with van der Waals surface area (Å²) in [5.74, 6) is -5.32. The minimum Gasteiger partial charge on any atom is -0.461 e. The van der Waals surface area contributed by atoms with E-state index >= 15 is 0 Å². The van der Waals surface area contributed by atoms with Gasteiger partial charge in [-0.1, -0.05) is 54.2 Å². The first-order valence-corrected chi connectivity index (χ1v) is 22.5. The Balaban J connectivity index is 1.33. The predicted molar refractivity (Wildman–Crippen MR) is 220 cm³/mol. The molecular formula is C45H74N2O12. The van der Waals surface area contributed by atoms with E-state index in [0.717, 1.165) is 6.42 Å². The molecule has 14 heteroatoms. The molecule has 1 amide bonds. The van der Waals surface area contributed by atoms with E-state index in [1.54, 1.807) is 13.0 Å². The van der Waals surface area contributed by atoms with Crippen molar-refractivity contribution >= 4 is 17.8 Å². The fraction of sp³-hybridized carbons (Fsp3) is 0.844. The van der Waals surface area contributed by atoms with Crippen molar-refractivity contribution in [2.75, 3.05) is 13.2 Å². The largest absolute Gasteiger partial charge is 0.461 e. The number of hydrogen-bond acceptors (Lipinski definition) is 13. The van der Waals surface area contributed by atoms with Crippen LogP contribution < -0.4 is 11.1 Å². The summed E-state index contributed by atoms with van der Waals surface area (Å²) >= 11 is 0. The maximum Gasteiger partial charge on any atom is 0.407 e. The van der Waals surface area contributed by atoms with E-state index in [2.05, 4.69) is 18.8 Å². The van der Waals surface area contributed by atoms with Gasteiger partial charge in [0.25, 0.3) is 0 Å². The molecule has 336 valence electrons. The summed E-state index contributed by atoms with van der Waals surface area (Å²) in [4.78, 5) is 40.2. The van der Waals surface area contributed by atoms with Crippen LogP contribution >= 0.6 is 0 Å². The van der Waals surface area contributed by atoms with Gasteiger partial charge in [0.15, 0.2) is 11.9 Å². The summed E-state index contributed by atoms with van der Waals surface area (Å²) in [6.45, 7) is 19.5. The number of amides is 1. The van der Waals surface area contributed by atoms with Crippen LogP contribution in [0.2, 0.25) is 0 Å². The lowest BCUT2D eigenvalue weighted by molar-refractivity contribution is -0.400. The second-order valence-electron chi connectivity index (χ2n) is 17.9. The normalized spacial score (nSPS) is 39.8. The molecule has 0 aromatic carbocycles. The van der Waals surface area contributed by atoms with Crippen LogP contribution in [0.25, 0.3) is 0 Å². The molecule has 17 atom stereocenters. The Kier molecular flexibility index (Phi) is 16.3. The zero-order valence-corrected chi connectivity index (χ0v) is 36.8. The quantitative estimate of drug-likeness (QED) is 0.110. The molecule has 5 rings (SSSR count). The smallest absolute Gasteiger partial charge is 0.407 e. The lowest BCUT2D eigenvalue weighted by Crippen LogP contribution is -2.63. The number of hydrogen-bond donors (Lipinski definition) is 4. The summed E-state index contributed by atoms with van der Waals surface area (Å²) in [7, 11) is 0. The molecule has 4 fully saturated rings. The molecule has 5 N–H and O–H groups in total. The molecule has 4 saturated heterocycles. The van der Waals surface area contributed by atoms with E-state index in [-0.39, 0.29) is 48.5 Å². The fourth-order valence-electron chi connectivity index (χ4n) is 10.3. The van der Waals surface area contributed by atoms with Gasteiger partial charge in [0.1, 0.15) is 12.4 Å². The zero-order valence-electron chi connectivity index (χ0n) is 36.8. The zero-order chi connectivity index (χ0) is 43.3. The number of aliphatic hydroxyl groups is 2. The number of rotatable bonds is 16. The van der Waals surface area contributed by atoms with Gasteiger partial charge in [-0.25, -0.2) is 4.79 Å². The molecule has 5 heterocycles. The fourth-order valence-corrected chi connectivity index (χ4v) is 10.3. The molecule has 0 radical (unpaired) electrons. The van der Waals surface area contributed by atoms with Crippen molar-refractivity contribution in [3.63, 3.8) is 0 Å². The number of nitrogens with one attached hydrogen (secondary N) is 1. The highest BCUT2D eigenvalue weighted by molar-refractivity contribution is 5.84. The highest BCUT2D eigenvalue weighted by Crippen LogP contribution is 2.52. The van der Waals surface area contributed by atoms with E-state index in [1.807, 2.05) is 47.6 Å². The lowest BCUT2D eigenvalue weighted by atomic mass is 9.73. The van der Waals surface area contributed by atoms with Gasteiger partial charge in [0.2, 0.25) is 5.79 Å². The SMILES string of the molecule is C=CCOC(=O)[C@H](CC)[C@H]1CCC[C@H]([C@@H](N)[C@H](O)[C@H](C)C(=O)[C@H](CC)[C@H]2O[C@]3(C=C[C@@H](OC(=O)NCC)[C@]4(CCC([C@H]5CC[C@](O)(CC)[C@H](C)O5)O4)O3)[C@H](C)C[C@@H]2C)O1. The first-order valence-electron chi connectivity index (χ1n) is 22.5. The molecule has 0 aliphatic carbocycles. The maximum absolute atomic E-state index is 14.5. The van der Waals surface area contributed by atoms with Gasteiger partial charge < -0.3 is 54.4 Å². The number of aliphatic hydroxyl groups excluding tert-OH is 1. The van der Waals surface area contributed by atoms with E-state index in [4.69, 9.17) is 38.9 Å². The summed E-state index contributed by atoms with van der Waals surface area (Å²) < 4.78 is 44.9. The summed E-state index contributed by atoms with van der Waals surface area (Å²) in [6.07, 6.45) is 6.28. The first-order chi connectivity index (χ1) is 28.0. The van der Waals surface area contributed by atoms with E-state index in [1.165, 1.54) is 6.08 Å². The second kappa shape index (κ2) is 20.2. The second-order valence-corrected chi connectivity index (χ2v) is 17.9. The van der Waals surface area contributed by atoms with E-state index in [9.17, 15) is 24.6 Å². The van der Waals surface area contributed by atoms with Crippen molar-refractivity contribution in [2.24, 2.45) is 35.3 Å².